The summed E-state index contributed by atoms with van der Waals surface area (Å²) in [5, 5.41) is 11.9. The molecule has 1 fully saturated rings. The summed E-state index contributed by atoms with van der Waals surface area (Å²) in [5.41, 5.74) is 1.02. The lowest BCUT2D eigenvalue weighted by atomic mass is 10.2. The topological polar surface area (TPSA) is 111 Å². The molecule has 0 unspecified atom stereocenters. The maximum atomic E-state index is 12.4. The van der Waals surface area contributed by atoms with E-state index in [1.165, 1.54) is 11.0 Å². The predicted molar refractivity (Wildman–Crippen MR) is 106 cm³/mol. The number of piperazine rings is 1. The number of hydrogen-bond donors (Lipinski definition) is 2. The summed E-state index contributed by atoms with van der Waals surface area (Å²) < 4.78 is 0. The van der Waals surface area contributed by atoms with Gasteiger partial charge in [-0.05, 0) is 25.5 Å². The van der Waals surface area contributed by atoms with Gasteiger partial charge >= 0.3 is 11.5 Å². The van der Waals surface area contributed by atoms with Gasteiger partial charge < -0.3 is 9.88 Å². The van der Waals surface area contributed by atoms with Crippen molar-refractivity contribution in [1.29, 1.82) is 0 Å². The first-order valence-electron chi connectivity index (χ1n) is 9.16. The van der Waals surface area contributed by atoms with Crippen molar-refractivity contribution < 1.29 is 14.8 Å². The van der Waals surface area contributed by atoms with E-state index >= 15 is 0 Å². The van der Waals surface area contributed by atoms with Gasteiger partial charge in [0.15, 0.2) is 5.82 Å². The molecule has 3 aromatic rings. The molecule has 0 amide bonds. The molecule has 0 spiro atoms. The first-order valence-corrected chi connectivity index (χ1v) is 9.98. The molecule has 1 aliphatic heterocycles. The van der Waals surface area contributed by atoms with E-state index < -0.39 is 0 Å². The van der Waals surface area contributed by atoms with Crippen molar-refractivity contribution in [2.75, 3.05) is 31.1 Å². The van der Waals surface area contributed by atoms with E-state index in [4.69, 9.17) is 0 Å². The molecule has 3 N–H and O–H groups in total. The third-order valence-electron chi connectivity index (χ3n) is 5.30. The Kier molecular flexibility index (Phi) is 4.82. The van der Waals surface area contributed by atoms with E-state index in [0.29, 0.717) is 36.7 Å². The second-order valence-corrected chi connectivity index (χ2v) is 8.25. The molecule has 9 nitrogen and oxygen atoms in total. The van der Waals surface area contributed by atoms with Crippen LogP contribution in [0.3, 0.4) is 0 Å². The maximum Gasteiger partial charge on any atom is 0.357 e. The van der Waals surface area contributed by atoms with E-state index in [2.05, 4.69) is 15.0 Å². The highest BCUT2D eigenvalue weighted by Crippen LogP contribution is 2.25. The molecule has 3 aromatic heterocycles. The van der Waals surface area contributed by atoms with Gasteiger partial charge in [0.25, 0.3) is 5.56 Å². The van der Waals surface area contributed by atoms with E-state index in [1.807, 2.05) is 18.7 Å². The van der Waals surface area contributed by atoms with Crippen molar-refractivity contribution >= 4 is 33.1 Å². The largest absolute Gasteiger partial charge is 0.357 e. The van der Waals surface area contributed by atoms with Crippen LogP contribution in [0.15, 0.2) is 23.1 Å². The number of fused-ring (bicyclic) bond motifs is 1. The number of aryl methyl sites for hydroxylation is 2. The smallest absolute Gasteiger partial charge is 0.322 e. The summed E-state index contributed by atoms with van der Waals surface area (Å²) in [7, 11) is 0. The molecule has 28 heavy (non-hydrogen) atoms. The fourth-order valence-electron chi connectivity index (χ4n) is 3.66. The maximum absolute atomic E-state index is 12.4. The zero-order chi connectivity index (χ0) is 19.8. The van der Waals surface area contributed by atoms with Crippen molar-refractivity contribution in [3.8, 4) is 0 Å². The van der Waals surface area contributed by atoms with Crippen molar-refractivity contribution in [1.82, 2.24) is 9.97 Å². The van der Waals surface area contributed by atoms with Gasteiger partial charge in [0.05, 0.1) is 16.5 Å². The fourth-order valence-corrected chi connectivity index (χ4v) is 4.71. The summed E-state index contributed by atoms with van der Waals surface area (Å²) >= 11 is 1.55. The number of nitrogens with one attached hydrogen (secondary N) is 3. The second kappa shape index (κ2) is 7.28. The Bertz CT molecular complexity index is 1100. The molecule has 0 aromatic carbocycles. The van der Waals surface area contributed by atoms with Gasteiger partial charge in [-0.15, -0.1) is 11.3 Å². The number of pyridine rings is 1. The summed E-state index contributed by atoms with van der Waals surface area (Å²) in [6, 6.07) is 3.15. The number of aromatic amines is 2. The Balaban J connectivity index is 1.47. The van der Waals surface area contributed by atoms with Crippen LogP contribution in [0.5, 0.6) is 0 Å². The monoisotopic (exact) mass is 402 g/mol. The average molecular weight is 402 g/mol. The minimum atomic E-state index is -0.361. The van der Waals surface area contributed by atoms with Crippen molar-refractivity contribution in [3.05, 3.63) is 55.1 Å². The molecule has 4 heterocycles. The summed E-state index contributed by atoms with van der Waals surface area (Å²) in [4.78, 5) is 39.1. The number of aromatic nitrogens is 3. The highest BCUT2D eigenvalue weighted by Gasteiger charge is 2.32. The molecular formula is C18H22N6O3S+2. The molecular weight excluding hydrogens is 380 g/mol. The Morgan fingerprint density at radius 1 is 1.39 bits per heavy atom. The summed E-state index contributed by atoms with van der Waals surface area (Å²) in [6.07, 6.45) is 1.70. The number of nitro groups is 1. The quantitative estimate of drug-likeness (QED) is 0.479. The first-order chi connectivity index (χ1) is 13.4. The van der Waals surface area contributed by atoms with Crippen molar-refractivity contribution in [2.45, 2.75) is 20.4 Å². The molecule has 0 atom stereocenters. The first kappa shape index (κ1) is 18.5. The van der Waals surface area contributed by atoms with Gasteiger partial charge in [0, 0.05) is 10.9 Å². The Morgan fingerprint density at radius 3 is 2.86 bits per heavy atom. The number of hydrogen-bond acceptors (Lipinski definition) is 6. The SMILES string of the molecule is Cc1sc2nc(C[NH+]3CCN(c4[nH+]cccc4[N+](=O)[O-])CC3)[nH]c(=O)c2c1C. The minimum Gasteiger partial charge on any atom is -0.322 e. The van der Waals surface area contributed by atoms with Crippen LogP contribution >= 0.6 is 11.3 Å². The van der Waals surface area contributed by atoms with Crippen LogP contribution in [0.25, 0.3) is 10.2 Å². The lowest BCUT2D eigenvalue weighted by Gasteiger charge is -2.27. The van der Waals surface area contributed by atoms with Crippen LogP contribution < -0.4 is 20.3 Å². The average Bonchev–Trinajstić information content (AvgIpc) is 2.96. The lowest BCUT2D eigenvalue weighted by molar-refractivity contribution is -0.915. The van der Waals surface area contributed by atoms with E-state index in [9.17, 15) is 14.9 Å². The third kappa shape index (κ3) is 3.36. The van der Waals surface area contributed by atoms with Crippen LogP contribution in [0.2, 0.25) is 0 Å². The molecule has 1 saturated heterocycles. The van der Waals surface area contributed by atoms with Gasteiger partial charge in [-0.1, -0.05) is 0 Å². The predicted octanol–water partition coefficient (Wildman–Crippen LogP) is 0.229. The fraction of sp³-hybridized carbons (Fsp3) is 0.389. The number of quaternary nitrogens is 1. The van der Waals surface area contributed by atoms with E-state index in [0.717, 1.165) is 28.4 Å². The zero-order valence-corrected chi connectivity index (χ0v) is 16.6. The Labute approximate surface area is 164 Å². The number of rotatable bonds is 4. The molecule has 0 radical (unpaired) electrons. The number of thiophene rings is 1. The van der Waals surface area contributed by atoms with Crippen LogP contribution in [-0.2, 0) is 6.54 Å². The second-order valence-electron chi connectivity index (χ2n) is 7.05. The van der Waals surface area contributed by atoms with Gasteiger partial charge in [-0.3, -0.25) is 14.9 Å². The molecule has 4 rings (SSSR count). The van der Waals surface area contributed by atoms with Crippen LogP contribution in [-0.4, -0.2) is 41.1 Å². The standard InChI is InChI=1S/C18H20N6O3S/c1-11-12(2)28-18-15(11)17(25)20-14(21-18)10-22-6-8-23(9-7-22)16-13(24(26)27)4-3-5-19-16/h3-5H,6-10H2,1-2H3,(H,20,21,25)/p+2. The molecule has 0 saturated carbocycles. The molecule has 0 aliphatic carbocycles. The van der Waals surface area contributed by atoms with Crippen LogP contribution in [0.4, 0.5) is 11.5 Å². The number of H-pyrrole nitrogens is 2. The molecule has 0 bridgehead atoms. The minimum absolute atomic E-state index is 0.0746. The van der Waals surface area contributed by atoms with Gasteiger partial charge in [-0.2, -0.15) is 0 Å². The number of anilines is 1. The summed E-state index contributed by atoms with van der Waals surface area (Å²) in [5.74, 6) is 1.24. The summed E-state index contributed by atoms with van der Waals surface area (Å²) in [6.45, 7) is 7.60. The van der Waals surface area contributed by atoms with Crippen molar-refractivity contribution in [2.24, 2.45) is 0 Å². The molecule has 146 valence electrons. The molecule has 1 aliphatic rings. The molecule has 10 heteroatoms. The highest BCUT2D eigenvalue weighted by molar-refractivity contribution is 7.18. The Hall–Kier alpha value is -2.85. The number of nitrogens with zero attached hydrogens (tertiary/aromatic N) is 3. The lowest BCUT2D eigenvalue weighted by Crippen LogP contribution is -3.13. The van der Waals surface area contributed by atoms with Gasteiger partial charge in [0.2, 0.25) is 0 Å². The Morgan fingerprint density at radius 2 is 2.14 bits per heavy atom. The van der Waals surface area contributed by atoms with Crippen molar-refractivity contribution in [3.63, 3.8) is 0 Å². The van der Waals surface area contributed by atoms with E-state index in [-0.39, 0.29) is 16.2 Å². The van der Waals surface area contributed by atoms with Crippen LogP contribution in [0, 0.1) is 24.0 Å². The highest BCUT2D eigenvalue weighted by atomic mass is 32.1. The third-order valence-corrected chi connectivity index (χ3v) is 6.40. The van der Waals surface area contributed by atoms with Gasteiger partial charge in [-0.25, -0.2) is 14.9 Å². The zero-order valence-electron chi connectivity index (χ0n) is 15.7. The normalized spacial score (nSPS) is 15.3. The van der Waals surface area contributed by atoms with Crippen LogP contribution in [0.1, 0.15) is 16.3 Å². The van der Waals surface area contributed by atoms with E-state index in [1.54, 1.807) is 23.6 Å². The van der Waals surface area contributed by atoms with Gasteiger partial charge in [0.1, 0.15) is 37.6 Å².